The molecule has 2 N–H and O–H groups in total. The van der Waals surface area contributed by atoms with Gasteiger partial charge in [0.1, 0.15) is 0 Å². The number of hydrogen-bond acceptors (Lipinski definition) is 3. The zero-order valence-corrected chi connectivity index (χ0v) is 8.30. The second-order valence-electron chi connectivity index (χ2n) is 3.38. The molecule has 0 saturated carbocycles. The lowest BCUT2D eigenvalue weighted by atomic mass is 10.0. The number of benzene rings is 1. The first-order valence-electron chi connectivity index (χ1n) is 4.55. The lowest BCUT2D eigenvalue weighted by molar-refractivity contribution is -0.131. The van der Waals surface area contributed by atoms with Crippen molar-refractivity contribution in [2.45, 2.75) is 19.4 Å². The molecule has 0 amide bonds. The first-order chi connectivity index (χ1) is 7.00. The smallest absolute Gasteiger partial charge is 0.377 e. The van der Waals surface area contributed by atoms with Crippen LogP contribution in [0.2, 0.25) is 0 Å². The molecule has 1 aromatic carbocycles. The van der Waals surface area contributed by atoms with Crippen LogP contribution >= 0.6 is 0 Å². The summed E-state index contributed by atoms with van der Waals surface area (Å²) in [5.74, 6) is -2.38. The average Bonchev–Trinajstić information content (AvgIpc) is 2.17. The normalized spacial score (nSPS) is 12.1. The van der Waals surface area contributed by atoms with Gasteiger partial charge in [0.15, 0.2) is 0 Å². The van der Waals surface area contributed by atoms with Crippen LogP contribution in [0.5, 0.6) is 0 Å². The molecule has 0 aliphatic heterocycles. The number of Topliss-reactive ketones (excluding diaryl/α,β-unsaturated/α-hetero) is 1. The maximum atomic E-state index is 11.0. The Labute approximate surface area is 87.2 Å². The maximum Gasteiger partial charge on any atom is 0.377 e. The van der Waals surface area contributed by atoms with Crippen molar-refractivity contribution in [1.29, 1.82) is 0 Å². The summed E-state index contributed by atoms with van der Waals surface area (Å²) < 4.78 is 0. The zero-order valence-electron chi connectivity index (χ0n) is 8.30. The zero-order chi connectivity index (χ0) is 11.4. The molecule has 4 heteroatoms. The fourth-order valence-corrected chi connectivity index (χ4v) is 1.26. The predicted octanol–water partition coefficient (Wildman–Crippen LogP) is 0.877. The van der Waals surface area contributed by atoms with E-state index in [-0.39, 0.29) is 5.56 Å². The van der Waals surface area contributed by atoms with E-state index in [0.29, 0.717) is 6.42 Å². The van der Waals surface area contributed by atoms with Crippen molar-refractivity contribution in [2.75, 3.05) is 0 Å². The van der Waals surface area contributed by atoms with Crippen LogP contribution in [0.25, 0.3) is 0 Å². The van der Waals surface area contributed by atoms with Crippen LogP contribution in [0.1, 0.15) is 22.8 Å². The Morgan fingerprint density at radius 2 is 1.80 bits per heavy atom. The fourth-order valence-electron chi connectivity index (χ4n) is 1.26. The molecule has 1 rings (SSSR count). The van der Waals surface area contributed by atoms with E-state index in [0.717, 1.165) is 5.56 Å². The summed E-state index contributed by atoms with van der Waals surface area (Å²) in [5.41, 5.74) is 1.02. The van der Waals surface area contributed by atoms with Crippen molar-refractivity contribution in [3.63, 3.8) is 0 Å². The number of carboxylic acid groups (broad SMARTS) is 1. The van der Waals surface area contributed by atoms with Gasteiger partial charge in [0.25, 0.3) is 5.78 Å². The Morgan fingerprint density at radius 3 is 2.20 bits per heavy atom. The van der Waals surface area contributed by atoms with E-state index in [1.54, 1.807) is 19.1 Å². The van der Waals surface area contributed by atoms with Crippen LogP contribution in [0.15, 0.2) is 24.3 Å². The molecule has 0 spiro atoms. The van der Waals surface area contributed by atoms with Crippen LogP contribution in [-0.2, 0) is 11.2 Å². The Morgan fingerprint density at radius 1 is 1.27 bits per heavy atom. The topological polar surface area (TPSA) is 74.6 Å². The molecule has 0 fully saturated rings. The molecule has 1 atom stereocenters. The van der Waals surface area contributed by atoms with E-state index in [1.165, 1.54) is 12.1 Å². The summed E-state index contributed by atoms with van der Waals surface area (Å²) in [7, 11) is 0. The molecule has 15 heavy (non-hydrogen) atoms. The van der Waals surface area contributed by atoms with E-state index in [1.807, 2.05) is 0 Å². The van der Waals surface area contributed by atoms with Gasteiger partial charge in [0, 0.05) is 5.56 Å². The molecule has 4 nitrogen and oxygen atoms in total. The lowest BCUT2D eigenvalue weighted by Crippen LogP contribution is -2.12. The summed E-state index contributed by atoms with van der Waals surface area (Å²) in [5, 5.41) is 17.6. The number of carboxylic acids is 1. The molecule has 0 aliphatic rings. The summed E-state index contributed by atoms with van der Waals surface area (Å²) in [6, 6.07) is 6.19. The van der Waals surface area contributed by atoms with E-state index in [2.05, 4.69) is 0 Å². The van der Waals surface area contributed by atoms with Crippen molar-refractivity contribution >= 4 is 11.8 Å². The molecule has 0 bridgehead atoms. The number of rotatable bonds is 4. The van der Waals surface area contributed by atoms with Crippen molar-refractivity contribution in [1.82, 2.24) is 0 Å². The Balaban J connectivity index is 2.81. The highest BCUT2D eigenvalue weighted by Crippen LogP contribution is 2.07. The highest BCUT2D eigenvalue weighted by molar-refractivity contribution is 6.39. The molecular formula is C11H12O4. The largest absolute Gasteiger partial charge is 0.475 e. The van der Waals surface area contributed by atoms with Crippen LogP contribution in [-0.4, -0.2) is 28.1 Å². The summed E-state index contributed by atoms with van der Waals surface area (Å²) in [6.07, 6.45) is 0.0349. The van der Waals surface area contributed by atoms with Gasteiger partial charge in [-0.1, -0.05) is 24.3 Å². The van der Waals surface area contributed by atoms with Gasteiger partial charge in [-0.3, -0.25) is 4.79 Å². The second-order valence-corrected chi connectivity index (χ2v) is 3.38. The number of carbonyl (C=O) groups excluding carboxylic acids is 1. The Bertz CT molecular complexity index is 365. The quantitative estimate of drug-likeness (QED) is 0.569. The molecular weight excluding hydrogens is 196 g/mol. The van der Waals surface area contributed by atoms with Crippen molar-refractivity contribution < 1.29 is 19.8 Å². The Kier molecular flexibility index (Phi) is 3.57. The molecule has 1 aromatic rings. The van der Waals surface area contributed by atoms with Gasteiger partial charge in [-0.25, -0.2) is 4.79 Å². The van der Waals surface area contributed by atoms with Gasteiger partial charge in [-0.05, 0) is 18.9 Å². The number of aliphatic hydroxyl groups is 1. The van der Waals surface area contributed by atoms with Crippen LogP contribution < -0.4 is 0 Å². The molecule has 80 valence electrons. The van der Waals surface area contributed by atoms with Gasteiger partial charge in [-0.15, -0.1) is 0 Å². The fraction of sp³-hybridized carbons (Fsp3) is 0.273. The average molecular weight is 208 g/mol. The summed E-state index contributed by atoms with van der Waals surface area (Å²) >= 11 is 0. The van der Waals surface area contributed by atoms with Crippen LogP contribution in [0, 0.1) is 0 Å². The Hall–Kier alpha value is -1.68. The number of aliphatic carboxylic acids is 1. The summed E-state index contributed by atoms with van der Waals surface area (Å²) in [6.45, 7) is 1.66. The third kappa shape index (κ3) is 3.18. The molecule has 0 aromatic heterocycles. The number of aliphatic hydroxyl groups excluding tert-OH is 1. The molecule has 0 heterocycles. The SMILES string of the molecule is CC(O)Cc1ccc(C(=O)C(=O)O)cc1. The minimum Gasteiger partial charge on any atom is -0.475 e. The highest BCUT2D eigenvalue weighted by Gasteiger charge is 2.13. The van der Waals surface area contributed by atoms with Gasteiger partial charge < -0.3 is 10.2 Å². The lowest BCUT2D eigenvalue weighted by Gasteiger charge is -2.04. The van der Waals surface area contributed by atoms with E-state index in [9.17, 15) is 9.59 Å². The third-order valence-corrected chi connectivity index (χ3v) is 1.94. The standard InChI is InChI=1S/C11H12O4/c1-7(12)6-8-2-4-9(5-3-8)10(13)11(14)15/h2-5,7,12H,6H2,1H3,(H,14,15). The van der Waals surface area contributed by atoms with Crippen molar-refractivity contribution in [2.24, 2.45) is 0 Å². The van der Waals surface area contributed by atoms with Gasteiger partial charge in [-0.2, -0.15) is 0 Å². The molecule has 1 unspecified atom stereocenters. The molecule has 0 aliphatic carbocycles. The monoisotopic (exact) mass is 208 g/mol. The predicted molar refractivity (Wildman–Crippen MR) is 53.8 cm³/mol. The number of ketones is 1. The number of carbonyl (C=O) groups is 2. The van der Waals surface area contributed by atoms with E-state index < -0.39 is 17.9 Å². The third-order valence-electron chi connectivity index (χ3n) is 1.94. The maximum absolute atomic E-state index is 11.0. The van der Waals surface area contributed by atoms with E-state index in [4.69, 9.17) is 10.2 Å². The van der Waals surface area contributed by atoms with Gasteiger partial charge >= 0.3 is 5.97 Å². The highest BCUT2D eigenvalue weighted by atomic mass is 16.4. The second kappa shape index (κ2) is 4.70. The van der Waals surface area contributed by atoms with E-state index >= 15 is 0 Å². The molecule has 0 radical (unpaired) electrons. The first kappa shape index (κ1) is 11.4. The minimum atomic E-state index is -1.46. The first-order valence-corrected chi connectivity index (χ1v) is 4.55. The number of hydrogen-bond donors (Lipinski definition) is 2. The van der Waals surface area contributed by atoms with Gasteiger partial charge in [0.05, 0.1) is 6.10 Å². The minimum absolute atomic E-state index is 0.150. The molecule has 0 saturated heterocycles. The van der Waals surface area contributed by atoms with Crippen LogP contribution in [0.3, 0.4) is 0 Å². The van der Waals surface area contributed by atoms with Crippen molar-refractivity contribution in [3.05, 3.63) is 35.4 Å². The summed E-state index contributed by atoms with van der Waals surface area (Å²) in [4.78, 5) is 21.4. The van der Waals surface area contributed by atoms with Gasteiger partial charge in [0.2, 0.25) is 0 Å². The van der Waals surface area contributed by atoms with Crippen LogP contribution in [0.4, 0.5) is 0 Å². The van der Waals surface area contributed by atoms with Crippen molar-refractivity contribution in [3.8, 4) is 0 Å².